The second kappa shape index (κ2) is 5.07. The summed E-state index contributed by atoms with van der Waals surface area (Å²) in [6.07, 6.45) is 1.23. The summed E-state index contributed by atoms with van der Waals surface area (Å²) in [5.74, 6) is -2.83. The lowest BCUT2D eigenvalue weighted by Gasteiger charge is -2.04. The van der Waals surface area contributed by atoms with Crippen LogP contribution in [-0.2, 0) is 0 Å². The molecular weight excluding hydrogens is 329 g/mol. The number of benzene rings is 1. The standard InChI is InChI=1S/C11H4BrClF2N2O/c12-5-3-6(14)9(7(15)4-5)10(18)8-1-2-16-11(13)17-8/h1-4H. The van der Waals surface area contributed by atoms with Gasteiger partial charge >= 0.3 is 0 Å². The molecule has 1 heterocycles. The summed E-state index contributed by atoms with van der Waals surface area (Å²) in [6, 6.07) is 3.23. The third-order valence-electron chi connectivity index (χ3n) is 2.09. The molecule has 0 aliphatic heterocycles. The fraction of sp³-hybridized carbons (Fsp3) is 0. The van der Waals surface area contributed by atoms with Gasteiger partial charge in [-0.05, 0) is 29.8 Å². The Labute approximate surface area is 114 Å². The second-order valence-electron chi connectivity index (χ2n) is 3.28. The summed E-state index contributed by atoms with van der Waals surface area (Å²) < 4.78 is 27.4. The maximum Gasteiger partial charge on any atom is 0.222 e. The highest BCUT2D eigenvalue weighted by atomic mass is 79.9. The first kappa shape index (κ1) is 13.0. The van der Waals surface area contributed by atoms with Crippen LogP contribution in [0.2, 0.25) is 5.28 Å². The van der Waals surface area contributed by atoms with Gasteiger partial charge in [0, 0.05) is 10.7 Å². The van der Waals surface area contributed by atoms with E-state index in [4.69, 9.17) is 11.6 Å². The van der Waals surface area contributed by atoms with Gasteiger partial charge in [-0.2, -0.15) is 0 Å². The van der Waals surface area contributed by atoms with Gasteiger partial charge in [-0.1, -0.05) is 15.9 Å². The molecule has 7 heteroatoms. The van der Waals surface area contributed by atoms with Gasteiger partial charge in [-0.3, -0.25) is 4.79 Å². The Morgan fingerprint density at radius 3 is 2.44 bits per heavy atom. The Bertz CT molecular complexity index is 613. The molecule has 0 radical (unpaired) electrons. The minimum absolute atomic E-state index is 0.168. The van der Waals surface area contributed by atoms with Crippen molar-refractivity contribution in [2.75, 3.05) is 0 Å². The van der Waals surface area contributed by atoms with E-state index in [0.29, 0.717) is 0 Å². The Hall–Kier alpha value is -1.40. The Kier molecular flexibility index (Phi) is 3.68. The monoisotopic (exact) mass is 332 g/mol. The maximum absolute atomic E-state index is 13.6. The van der Waals surface area contributed by atoms with Crippen LogP contribution in [0.15, 0.2) is 28.9 Å². The van der Waals surface area contributed by atoms with Crippen LogP contribution in [0.4, 0.5) is 8.78 Å². The topological polar surface area (TPSA) is 42.9 Å². The molecule has 1 aromatic heterocycles. The van der Waals surface area contributed by atoms with Gasteiger partial charge in [-0.25, -0.2) is 18.7 Å². The molecule has 0 unspecified atom stereocenters. The lowest BCUT2D eigenvalue weighted by Crippen LogP contribution is -2.10. The van der Waals surface area contributed by atoms with E-state index in [1.165, 1.54) is 12.3 Å². The highest BCUT2D eigenvalue weighted by molar-refractivity contribution is 9.10. The van der Waals surface area contributed by atoms with Gasteiger partial charge in [0.2, 0.25) is 11.1 Å². The second-order valence-corrected chi connectivity index (χ2v) is 4.54. The fourth-order valence-electron chi connectivity index (χ4n) is 1.35. The van der Waals surface area contributed by atoms with E-state index in [2.05, 4.69) is 25.9 Å². The van der Waals surface area contributed by atoms with Crippen LogP contribution in [0.3, 0.4) is 0 Å². The minimum atomic E-state index is -0.971. The number of aromatic nitrogens is 2. The van der Waals surface area contributed by atoms with Crippen LogP contribution in [0.25, 0.3) is 0 Å². The lowest BCUT2D eigenvalue weighted by atomic mass is 10.1. The highest BCUT2D eigenvalue weighted by Gasteiger charge is 2.21. The third kappa shape index (κ3) is 2.54. The molecule has 18 heavy (non-hydrogen) atoms. The zero-order valence-corrected chi connectivity index (χ0v) is 11.0. The molecule has 0 saturated heterocycles. The van der Waals surface area contributed by atoms with Gasteiger partial charge < -0.3 is 0 Å². The van der Waals surface area contributed by atoms with Crippen LogP contribution >= 0.6 is 27.5 Å². The summed E-state index contributed by atoms with van der Waals surface area (Å²) in [5.41, 5.74) is -0.844. The van der Waals surface area contributed by atoms with Crippen LogP contribution in [-0.4, -0.2) is 15.8 Å². The van der Waals surface area contributed by atoms with Crippen LogP contribution in [0, 0.1) is 11.6 Å². The van der Waals surface area contributed by atoms with Crippen LogP contribution in [0.1, 0.15) is 16.1 Å². The summed E-state index contributed by atoms with van der Waals surface area (Å²) in [4.78, 5) is 19.1. The Balaban J connectivity index is 2.53. The van der Waals surface area contributed by atoms with Gasteiger partial charge in [0.15, 0.2) is 0 Å². The van der Waals surface area contributed by atoms with E-state index in [9.17, 15) is 13.6 Å². The van der Waals surface area contributed by atoms with Gasteiger partial charge in [0.1, 0.15) is 17.3 Å². The van der Waals surface area contributed by atoms with E-state index in [0.717, 1.165) is 12.1 Å². The van der Waals surface area contributed by atoms with Crippen molar-refractivity contribution in [2.45, 2.75) is 0 Å². The molecule has 0 bridgehead atoms. The normalized spacial score (nSPS) is 10.4. The SMILES string of the molecule is O=C(c1ccnc(Cl)n1)c1c(F)cc(Br)cc1F. The average Bonchev–Trinajstić information content (AvgIpc) is 2.27. The Morgan fingerprint density at radius 1 is 1.28 bits per heavy atom. The molecule has 0 aliphatic rings. The minimum Gasteiger partial charge on any atom is -0.287 e. The van der Waals surface area contributed by atoms with E-state index in [-0.39, 0.29) is 15.5 Å². The van der Waals surface area contributed by atoms with Gasteiger partial charge in [0.25, 0.3) is 0 Å². The van der Waals surface area contributed by atoms with E-state index >= 15 is 0 Å². The van der Waals surface area contributed by atoms with Crippen molar-refractivity contribution < 1.29 is 13.6 Å². The van der Waals surface area contributed by atoms with Gasteiger partial charge in [-0.15, -0.1) is 0 Å². The number of nitrogens with zero attached hydrogens (tertiary/aromatic N) is 2. The summed E-state index contributed by atoms with van der Waals surface area (Å²) in [7, 11) is 0. The maximum atomic E-state index is 13.6. The summed E-state index contributed by atoms with van der Waals surface area (Å²) >= 11 is 8.44. The fourth-order valence-corrected chi connectivity index (χ4v) is 1.90. The first-order valence-electron chi connectivity index (χ1n) is 4.67. The van der Waals surface area contributed by atoms with E-state index < -0.39 is 23.0 Å². The molecule has 1 aromatic carbocycles. The first-order valence-corrected chi connectivity index (χ1v) is 5.84. The highest BCUT2D eigenvalue weighted by Crippen LogP contribution is 2.21. The van der Waals surface area contributed by atoms with Crippen molar-refractivity contribution in [2.24, 2.45) is 0 Å². The number of hydrogen-bond acceptors (Lipinski definition) is 3. The number of ketones is 1. The quantitative estimate of drug-likeness (QED) is 0.625. The molecule has 2 rings (SSSR count). The lowest BCUT2D eigenvalue weighted by molar-refractivity contribution is 0.102. The number of hydrogen-bond donors (Lipinski definition) is 0. The largest absolute Gasteiger partial charge is 0.287 e. The third-order valence-corrected chi connectivity index (χ3v) is 2.73. The smallest absolute Gasteiger partial charge is 0.222 e. The summed E-state index contributed by atoms with van der Waals surface area (Å²) in [5, 5.41) is -0.168. The molecule has 92 valence electrons. The van der Waals surface area contributed by atoms with Gasteiger partial charge in [0.05, 0.1) is 5.56 Å². The predicted molar refractivity (Wildman–Crippen MR) is 64.5 cm³/mol. The molecule has 0 atom stereocenters. The van der Waals surface area contributed by atoms with Crippen molar-refractivity contribution in [1.29, 1.82) is 0 Å². The molecule has 0 amide bonds. The van der Waals surface area contributed by atoms with E-state index in [1.807, 2.05) is 0 Å². The molecule has 0 spiro atoms. The number of halogens is 4. The molecule has 0 fully saturated rings. The first-order chi connectivity index (χ1) is 8.49. The van der Waals surface area contributed by atoms with Crippen molar-refractivity contribution in [3.05, 3.63) is 57.0 Å². The van der Waals surface area contributed by atoms with Crippen molar-refractivity contribution in [3.63, 3.8) is 0 Å². The molecular formula is C11H4BrClF2N2O. The van der Waals surface area contributed by atoms with Crippen molar-refractivity contribution in [3.8, 4) is 0 Å². The molecule has 2 aromatic rings. The number of carbonyl (C=O) groups is 1. The molecule has 0 saturated carbocycles. The zero-order chi connectivity index (χ0) is 13.3. The Morgan fingerprint density at radius 2 is 1.89 bits per heavy atom. The predicted octanol–water partition coefficient (Wildman–Crippen LogP) is 3.40. The molecule has 3 nitrogen and oxygen atoms in total. The average molecular weight is 334 g/mol. The van der Waals surface area contributed by atoms with E-state index in [1.54, 1.807) is 0 Å². The van der Waals surface area contributed by atoms with Crippen LogP contribution in [0.5, 0.6) is 0 Å². The molecule has 0 aliphatic carbocycles. The van der Waals surface area contributed by atoms with Crippen molar-refractivity contribution >= 4 is 33.3 Å². The summed E-state index contributed by atoms with van der Waals surface area (Å²) in [6.45, 7) is 0. The van der Waals surface area contributed by atoms with Crippen molar-refractivity contribution in [1.82, 2.24) is 9.97 Å². The molecule has 0 N–H and O–H groups in total. The van der Waals surface area contributed by atoms with Crippen LogP contribution < -0.4 is 0 Å². The number of rotatable bonds is 2. The number of carbonyl (C=O) groups excluding carboxylic acids is 1. The zero-order valence-electron chi connectivity index (χ0n) is 8.62.